The second-order valence-corrected chi connectivity index (χ2v) is 6.21. The van der Waals surface area contributed by atoms with Gasteiger partial charge in [0.25, 0.3) is 0 Å². The van der Waals surface area contributed by atoms with Crippen molar-refractivity contribution in [3.8, 4) is 0 Å². The second-order valence-electron chi connectivity index (χ2n) is 6.21. The maximum Gasteiger partial charge on any atom is 0.309 e. The van der Waals surface area contributed by atoms with E-state index < -0.39 is 5.60 Å². The van der Waals surface area contributed by atoms with E-state index in [1.165, 1.54) is 6.42 Å². The molecule has 2 fully saturated rings. The summed E-state index contributed by atoms with van der Waals surface area (Å²) in [5.41, 5.74) is -0.429. The number of esters is 1. The molecule has 1 saturated heterocycles. The highest BCUT2D eigenvalue weighted by atomic mass is 16.5. The van der Waals surface area contributed by atoms with Crippen LogP contribution in [0, 0.1) is 11.8 Å². The zero-order chi connectivity index (χ0) is 13.9. The lowest BCUT2D eigenvalue weighted by molar-refractivity contribution is -0.149. The summed E-state index contributed by atoms with van der Waals surface area (Å²) in [6, 6.07) is 0. The molecule has 3 atom stereocenters. The summed E-state index contributed by atoms with van der Waals surface area (Å²) >= 11 is 0. The summed E-state index contributed by atoms with van der Waals surface area (Å²) in [5, 5.41) is 10.6. The Kier molecular flexibility index (Phi) is 4.85. The van der Waals surface area contributed by atoms with Crippen molar-refractivity contribution in [2.45, 2.75) is 51.6 Å². The lowest BCUT2D eigenvalue weighted by Crippen LogP contribution is -2.54. The maximum absolute atomic E-state index is 11.7. The minimum Gasteiger partial charge on any atom is -0.466 e. The summed E-state index contributed by atoms with van der Waals surface area (Å²) in [7, 11) is 0. The number of rotatable bonds is 4. The van der Waals surface area contributed by atoms with Crippen molar-refractivity contribution in [1.82, 2.24) is 4.90 Å². The number of aliphatic hydroxyl groups is 1. The first kappa shape index (κ1) is 14.8. The van der Waals surface area contributed by atoms with Gasteiger partial charge in [0.2, 0.25) is 0 Å². The molecule has 19 heavy (non-hydrogen) atoms. The number of piperidine rings is 1. The highest BCUT2D eigenvalue weighted by molar-refractivity contribution is 5.72. The molecule has 1 aliphatic carbocycles. The molecule has 4 nitrogen and oxygen atoms in total. The van der Waals surface area contributed by atoms with Crippen LogP contribution in [0.3, 0.4) is 0 Å². The minimum atomic E-state index is -0.429. The van der Waals surface area contributed by atoms with Crippen molar-refractivity contribution in [3.05, 3.63) is 0 Å². The van der Waals surface area contributed by atoms with Gasteiger partial charge in [0.05, 0.1) is 18.1 Å². The smallest absolute Gasteiger partial charge is 0.309 e. The molecule has 0 spiro atoms. The average Bonchev–Trinajstić information content (AvgIpc) is 2.39. The van der Waals surface area contributed by atoms with Gasteiger partial charge >= 0.3 is 5.97 Å². The van der Waals surface area contributed by atoms with E-state index in [4.69, 9.17) is 4.74 Å². The van der Waals surface area contributed by atoms with Gasteiger partial charge in [0.1, 0.15) is 0 Å². The average molecular weight is 269 g/mol. The van der Waals surface area contributed by atoms with Crippen LogP contribution in [0.25, 0.3) is 0 Å². The number of carbonyl (C=O) groups is 1. The molecule has 1 saturated carbocycles. The van der Waals surface area contributed by atoms with E-state index in [1.807, 2.05) is 13.8 Å². The first-order valence-electron chi connectivity index (χ1n) is 7.66. The van der Waals surface area contributed by atoms with Gasteiger partial charge in [-0.25, -0.2) is 0 Å². The number of ether oxygens (including phenoxy) is 1. The SMILES string of the molecule is CCOC(=O)C(C)CN1CCC2(O)CCCCC2C1. The Morgan fingerprint density at radius 3 is 3.00 bits per heavy atom. The van der Waals surface area contributed by atoms with Crippen LogP contribution in [0.2, 0.25) is 0 Å². The van der Waals surface area contributed by atoms with Gasteiger partial charge in [-0.15, -0.1) is 0 Å². The summed E-state index contributed by atoms with van der Waals surface area (Å²) in [5.74, 6) is 0.214. The molecule has 0 bridgehead atoms. The number of likely N-dealkylation sites (tertiary alicyclic amines) is 1. The molecule has 0 aromatic rings. The Morgan fingerprint density at radius 1 is 1.47 bits per heavy atom. The fourth-order valence-corrected chi connectivity index (χ4v) is 3.55. The first-order valence-corrected chi connectivity index (χ1v) is 7.66. The van der Waals surface area contributed by atoms with Crippen molar-refractivity contribution in [3.63, 3.8) is 0 Å². The van der Waals surface area contributed by atoms with Crippen LogP contribution in [0.15, 0.2) is 0 Å². The van der Waals surface area contributed by atoms with E-state index in [0.717, 1.165) is 45.3 Å². The van der Waals surface area contributed by atoms with Crippen LogP contribution >= 0.6 is 0 Å². The maximum atomic E-state index is 11.7. The Bertz CT molecular complexity index is 321. The monoisotopic (exact) mass is 269 g/mol. The van der Waals surface area contributed by atoms with E-state index in [2.05, 4.69) is 4.90 Å². The Labute approximate surface area is 116 Å². The third kappa shape index (κ3) is 3.48. The largest absolute Gasteiger partial charge is 0.466 e. The van der Waals surface area contributed by atoms with Crippen LogP contribution in [0.1, 0.15) is 46.0 Å². The van der Waals surface area contributed by atoms with Crippen LogP contribution < -0.4 is 0 Å². The molecule has 0 radical (unpaired) electrons. The highest BCUT2D eigenvalue weighted by Crippen LogP contribution is 2.39. The van der Waals surface area contributed by atoms with Crippen molar-refractivity contribution in [2.24, 2.45) is 11.8 Å². The van der Waals surface area contributed by atoms with Crippen LogP contribution in [-0.2, 0) is 9.53 Å². The van der Waals surface area contributed by atoms with E-state index in [0.29, 0.717) is 12.5 Å². The van der Waals surface area contributed by atoms with Gasteiger partial charge in [-0.05, 0) is 26.2 Å². The third-order valence-electron chi connectivity index (χ3n) is 4.73. The fourth-order valence-electron chi connectivity index (χ4n) is 3.55. The summed E-state index contributed by atoms with van der Waals surface area (Å²) in [6.07, 6.45) is 5.33. The molecule has 0 amide bonds. The Hall–Kier alpha value is -0.610. The molecule has 2 rings (SSSR count). The molecule has 2 aliphatic rings. The van der Waals surface area contributed by atoms with E-state index >= 15 is 0 Å². The predicted octanol–water partition coefficient (Wildman–Crippen LogP) is 1.81. The van der Waals surface area contributed by atoms with Gasteiger partial charge in [0, 0.05) is 25.6 Å². The van der Waals surface area contributed by atoms with E-state index in [1.54, 1.807) is 0 Å². The molecule has 1 aliphatic heterocycles. The van der Waals surface area contributed by atoms with Crippen molar-refractivity contribution in [2.75, 3.05) is 26.2 Å². The van der Waals surface area contributed by atoms with Crippen LogP contribution in [0.4, 0.5) is 0 Å². The molecule has 110 valence electrons. The number of fused-ring (bicyclic) bond motifs is 1. The van der Waals surface area contributed by atoms with Crippen LogP contribution in [-0.4, -0.2) is 47.8 Å². The van der Waals surface area contributed by atoms with E-state index in [9.17, 15) is 9.90 Å². The summed E-state index contributed by atoms with van der Waals surface area (Å²) in [4.78, 5) is 14.0. The third-order valence-corrected chi connectivity index (χ3v) is 4.73. The summed E-state index contributed by atoms with van der Waals surface area (Å²) < 4.78 is 5.06. The van der Waals surface area contributed by atoms with Gasteiger partial charge in [-0.1, -0.05) is 19.8 Å². The van der Waals surface area contributed by atoms with Crippen LogP contribution in [0.5, 0.6) is 0 Å². The molecule has 1 heterocycles. The summed E-state index contributed by atoms with van der Waals surface area (Å²) in [6.45, 7) is 6.81. The van der Waals surface area contributed by atoms with Crippen molar-refractivity contribution in [1.29, 1.82) is 0 Å². The molecule has 0 aromatic carbocycles. The van der Waals surface area contributed by atoms with Gasteiger partial charge in [-0.3, -0.25) is 4.79 Å². The van der Waals surface area contributed by atoms with Crippen molar-refractivity contribution >= 4 is 5.97 Å². The minimum absolute atomic E-state index is 0.0743. The normalized spacial score (nSPS) is 33.5. The Balaban J connectivity index is 1.85. The second kappa shape index (κ2) is 6.23. The predicted molar refractivity (Wildman–Crippen MR) is 73.8 cm³/mol. The van der Waals surface area contributed by atoms with Gasteiger partial charge < -0.3 is 14.7 Å². The quantitative estimate of drug-likeness (QED) is 0.791. The molecule has 4 heteroatoms. The first-order chi connectivity index (χ1) is 9.05. The van der Waals surface area contributed by atoms with E-state index in [-0.39, 0.29) is 11.9 Å². The van der Waals surface area contributed by atoms with Gasteiger partial charge in [0.15, 0.2) is 0 Å². The highest BCUT2D eigenvalue weighted by Gasteiger charge is 2.42. The number of hydrogen-bond acceptors (Lipinski definition) is 4. The van der Waals surface area contributed by atoms with Crippen molar-refractivity contribution < 1.29 is 14.6 Å². The standard InChI is InChI=1S/C15H27NO3/c1-3-19-14(17)12(2)10-16-9-8-15(18)7-5-4-6-13(15)11-16/h12-13,18H,3-11H2,1-2H3. The molecular formula is C15H27NO3. The fraction of sp³-hybridized carbons (Fsp3) is 0.933. The molecule has 1 N–H and O–H groups in total. The lowest BCUT2D eigenvalue weighted by atomic mass is 9.71. The van der Waals surface area contributed by atoms with Gasteiger partial charge in [-0.2, -0.15) is 0 Å². The number of hydrogen-bond donors (Lipinski definition) is 1. The number of nitrogens with zero attached hydrogens (tertiary/aromatic N) is 1. The zero-order valence-electron chi connectivity index (χ0n) is 12.2. The topological polar surface area (TPSA) is 49.8 Å². The molecular weight excluding hydrogens is 242 g/mol. The molecule has 3 unspecified atom stereocenters. The molecule has 0 aromatic heterocycles. The number of carbonyl (C=O) groups excluding carboxylic acids is 1. The zero-order valence-corrected chi connectivity index (χ0v) is 12.2. The Morgan fingerprint density at radius 2 is 2.26 bits per heavy atom. The lowest BCUT2D eigenvalue weighted by Gasteiger charge is -2.47.